The number of halogens is 2. The van der Waals surface area contributed by atoms with Gasteiger partial charge >= 0.3 is 0 Å². The summed E-state index contributed by atoms with van der Waals surface area (Å²) < 4.78 is 13.0. The second kappa shape index (κ2) is 12.8. The van der Waals surface area contributed by atoms with E-state index in [0.29, 0.717) is 47.4 Å². The first-order valence-corrected chi connectivity index (χ1v) is 12.1. The Morgan fingerprint density at radius 1 is 1.14 bits per heavy atom. The zero-order chi connectivity index (χ0) is 25.2. The average molecular weight is 552 g/mol. The van der Waals surface area contributed by atoms with Gasteiger partial charge < -0.3 is 14.8 Å². The van der Waals surface area contributed by atoms with Crippen LogP contribution in [-0.4, -0.2) is 12.5 Å². The number of nitrogens with zero attached hydrogens (tertiary/aromatic N) is 1. The van der Waals surface area contributed by atoms with E-state index in [1.807, 2.05) is 43.3 Å². The minimum atomic E-state index is -0.520. The molecule has 3 rings (SSSR count). The largest absolute Gasteiger partial charge is 0.490 e. The Balaban J connectivity index is 1.91. The number of ether oxygens (including phenoxy) is 2. The Kier molecular flexibility index (Phi) is 9.54. The first kappa shape index (κ1) is 26.1. The maximum absolute atomic E-state index is 12.7. The molecular formula is C28H24BrClN2O3. The molecule has 0 aliphatic heterocycles. The highest BCUT2D eigenvalue weighted by Gasteiger charge is 2.15. The molecule has 0 atom stereocenters. The van der Waals surface area contributed by atoms with E-state index < -0.39 is 5.91 Å². The lowest BCUT2D eigenvalue weighted by Gasteiger charge is -2.17. The van der Waals surface area contributed by atoms with E-state index in [1.54, 1.807) is 36.4 Å². The number of hydrogen-bond acceptors (Lipinski definition) is 4. The molecule has 0 aliphatic rings. The van der Waals surface area contributed by atoms with Gasteiger partial charge in [0.15, 0.2) is 11.5 Å². The summed E-state index contributed by atoms with van der Waals surface area (Å²) in [5.41, 5.74) is 2.98. The molecule has 1 N–H and O–H groups in total. The number of hydrogen-bond donors (Lipinski definition) is 1. The normalized spacial score (nSPS) is 10.9. The van der Waals surface area contributed by atoms with Crippen LogP contribution in [0.4, 0.5) is 5.69 Å². The van der Waals surface area contributed by atoms with Crippen molar-refractivity contribution in [3.63, 3.8) is 0 Å². The van der Waals surface area contributed by atoms with Crippen LogP contribution in [0.1, 0.15) is 23.6 Å². The first-order chi connectivity index (χ1) is 16.9. The predicted octanol–water partition coefficient (Wildman–Crippen LogP) is 7.35. The van der Waals surface area contributed by atoms with Gasteiger partial charge in [-0.25, -0.2) is 0 Å². The van der Waals surface area contributed by atoms with Crippen molar-refractivity contribution in [2.24, 2.45) is 0 Å². The minimum Gasteiger partial charge on any atom is -0.490 e. The van der Waals surface area contributed by atoms with Gasteiger partial charge in [-0.2, -0.15) is 5.26 Å². The summed E-state index contributed by atoms with van der Waals surface area (Å²) in [5.74, 6) is 0.621. The second-order valence-corrected chi connectivity index (χ2v) is 8.83. The van der Waals surface area contributed by atoms with Crippen LogP contribution >= 0.6 is 27.5 Å². The molecule has 0 aromatic heterocycles. The van der Waals surface area contributed by atoms with E-state index >= 15 is 0 Å². The molecule has 0 bridgehead atoms. The fourth-order valence-electron chi connectivity index (χ4n) is 3.28. The van der Waals surface area contributed by atoms with Crippen LogP contribution in [0, 0.1) is 11.3 Å². The zero-order valence-corrected chi connectivity index (χ0v) is 21.5. The van der Waals surface area contributed by atoms with Crippen molar-refractivity contribution < 1.29 is 14.3 Å². The van der Waals surface area contributed by atoms with Crippen LogP contribution < -0.4 is 14.8 Å². The SMILES string of the molecule is C=CCc1cc(/C=C(/C#N)C(=O)Nc2ccc(Cl)cc2)cc(OCC)c1OCc1ccc(Br)cc1. The number of anilines is 1. The molecule has 0 unspecified atom stereocenters. The van der Waals surface area contributed by atoms with Crippen molar-refractivity contribution in [2.75, 3.05) is 11.9 Å². The van der Waals surface area contributed by atoms with Crippen molar-refractivity contribution >= 4 is 45.2 Å². The van der Waals surface area contributed by atoms with Crippen LogP contribution in [0.15, 0.2) is 83.4 Å². The zero-order valence-electron chi connectivity index (χ0n) is 19.2. The van der Waals surface area contributed by atoms with Crippen LogP contribution in [0.25, 0.3) is 6.08 Å². The maximum atomic E-state index is 12.7. The summed E-state index contributed by atoms with van der Waals surface area (Å²) in [6.45, 7) is 6.52. The van der Waals surface area contributed by atoms with Gasteiger partial charge in [-0.05, 0) is 79.1 Å². The summed E-state index contributed by atoms with van der Waals surface area (Å²) in [4.78, 5) is 12.7. The molecule has 0 spiro atoms. The minimum absolute atomic E-state index is 0.0458. The number of carbonyl (C=O) groups is 1. The van der Waals surface area contributed by atoms with E-state index in [2.05, 4.69) is 27.8 Å². The lowest BCUT2D eigenvalue weighted by molar-refractivity contribution is -0.112. The fourth-order valence-corrected chi connectivity index (χ4v) is 3.67. The van der Waals surface area contributed by atoms with Crippen molar-refractivity contribution in [1.29, 1.82) is 5.26 Å². The van der Waals surface area contributed by atoms with Gasteiger partial charge in [-0.15, -0.1) is 6.58 Å². The molecule has 178 valence electrons. The van der Waals surface area contributed by atoms with Crippen LogP contribution in [0.5, 0.6) is 11.5 Å². The summed E-state index contributed by atoms with van der Waals surface area (Å²) in [5, 5.41) is 12.9. The Bertz CT molecular complexity index is 1260. The Morgan fingerprint density at radius 3 is 2.49 bits per heavy atom. The highest BCUT2D eigenvalue weighted by atomic mass is 79.9. The van der Waals surface area contributed by atoms with Gasteiger partial charge in [-0.3, -0.25) is 4.79 Å². The van der Waals surface area contributed by atoms with Crippen molar-refractivity contribution in [1.82, 2.24) is 0 Å². The summed E-state index contributed by atoms with van der Waals surface area (Å²) in [7, 11) is 0. The molecule has 3 aromatic carbocycles. The topological polar surface area (TPSA) is 71.4 Å². The first-order valence-electron chi connectivity index (χ1n) is 10.9. The number of nitriles is 1. The standard InChI is InChI=1S/C28H24BrClN2O3/c1-3-5-21-14-20(15-22(17-31)28(33)32-25-12-10-24(30)11-13-25)16-26(34-4-2)27(21)35-18-19-6-8-23(29)9-7-19/h3,6-16H,1,4-5,18H2,2H3,(H,32,33)/b22-15-. The molecule has 0 aliphatic carbocycles. The number of amides is 1. The Morgan fingerprint density at radius 2 is 1.86 bits per heavy atom. The molecule has 5 nitrogen and oxygen atoms in total. The molecule has 1 amide bonds. The maximum Gasteiger partial charge on any atom is 0.266 e. The Labute approximate surface area is 218 Å². The van der Waals surface area contributed by atoms with Crippen LogP contribution in [-0.2, 0) is 17.8 Å². The number of allylic oxidation sites excluding steroid dienone is 1. The van der Waals surface area contributed by atoms with Crippen molar-refractivity contribution in [3.8, 4) is 17.6 Å². The monoisotopic (exact) mass is 550 g/mol. The van der Waals surface area contributed by atoms with E-state index in [9.17, 15) is 10.1 Å². The second-order valence-electron chi connectivity index (χ2n) is 7.48. The quantitative estimate of drug-likeness (QED) is 0.162. The van der Waals surface area contributed by atoms with Gasteiger partial charge in [0.2, 0.25) is 0 Å². The van der Waals surface area contributed by atoms with Gasteiger partial charge in [-0.1, -0.05) is 45.7 Å². The third-order valence-corrected chi connectivity index (χ3v) is 5.67. The fraction of sp³-hybridized carbons (Fsp3) is 0.143. The van der Waals surface area contributed by atoms with Crippen molar-refractivity contribution in [3.05, 3.63) is 105 Å². The van der Waals surface area contributed by atoms with E-state index in [-0.39, 0.29) is 5.57 Å². The molecule has 0 radical (unpaired) electrons. The Hall–Kier alpha value is -3.53. The third-order valence-electron chi connectivity index (χ3n) is 4.89. The molecule has 35 heavy (non-hydrogen) atoms. The third kappa shape index (κ3) is 7.48. The number of rotatable bonds is 10. The number of carbonyl (C=O) groups excluding carboxylic acids is 1. The highest BCUT2D eigenvalue weighted by molar-refractivity contribution is 9.10. The number of nitrogens with one attached hydrogen (secondary N) is 1. The molecule has 0 heterocycles. The lowest BCUT2D eigenvalue weighted by Crippen LogP contribution is -2.13. The highest BCUT2D eigenvalue weighted by Crippen LogP contribution is 2.35. The van der Waals surface area contributed by atoms with E-state index in [0.717, 1.165) is 15.6 Å². The summed E-state index contributed by atoms with van der Waals surface area (Å²) >= 11 is 9.33. The summed E-state index contributed by atoms with van der Waals surface area (Å²) in [6.07, 6.45) is 3.82. The number of benzene rings is 3. The molecular weight excluding hydrogens is 528 g/mol. The van der Waals surface area contributed by atoms with E-state index in [4.69, 9.17) is 21.1 Å². The van der Waals surface area contributed by atoms with Crippen LogP contribution in [0.2, 0.25) is 5.02 Å². The average Bonchev–Trinajstić information content (AvgIpc) is 2.85. The van der Waals surface area contributed by atoms with Gasteiger partial charge in [0.25, 0.3) is 5.91 Å². The van der Waals surface area contributed by atoms with E-state index in [1.165, 1.54) is 6.08 Å². The van der Waals surface area contributed by atoms with Crippen LogP contribution in [0.3, 0.4) is 0 Å². The molecule has 0 saturated heterocycles. The lowest BCUT2D eigenvalue weighted by atomic mass is 10.0. The molecule has 7 heteroatoms. The van der Waals surface area contributed by atoms with Crippen molar-refractivity contribution in [2.45, 2.75) is 20.0 Å². The smallest absolute Gasteiger partial charge is 0.266 e. The predicted molar refractivity (Wildman–Crippen MR) is 144 cm³/mol. The van der Waals surface area contributed by atoms with Gasteiger partial charge in [0.05, 0.1) is 6.61 Å². The molecule has 0 saturated carbocycles. The van der Waals surface area contributed by atoms with Gasteiger partial charge in [0, 0.05) is 20.7 Å². The van der Waals surface area contributed by atoms with Gasteiger partial charge in [0.1, 0.15) is 18.2 Å². The molecule has 0 fully saturated rings. The molecule has 3 aromatic rings. The summed E-state index contributed by atoms with van der Waals surface area (Å²) in [6, 6.07) is 20.1.